The standard InChI is InChI=1S/C23H16ClN3O5/c24-15-8-6-14(7-9-15)20-19-21(32-26(20)17-4-2-1-3-5-17)23(29)25(22(19)28)16-10-12-18(13-11-16)27(30)31/h1-13,19-21H/t19-,20+,21+/m0/s1. The highest BCUT2D eigenvalue weighted by Crippen LogP contribution is 2.47. The summed E-state index contributed by atoms with van der Waals surface area (Å²) in [7, 11) is 0. The van der Waals surface area contributed by atoms with Crippen LogP contribution >= 0.6 is 11.6 Å². The second kappa shape index (κ2) is 7.74. The number of rotatable bonds is 4. The monoisotopic (exact) mass is 449 g/mol. The average Bonchev–Trinajstić information content (AvgIpc) is 3.31. The molecule has 0 saturated carbocycles. The lowest BCUT2D eigenvalue weighted by molar-refractivity contribution is -0.384. The molecule has 0 unspecified atom stereocenters. The fourth-order valence-electron chi connectivity index (χ4n) is 4.19. The molecule has 3 aromatic carbocycles. The summed E-state index contributed by atoms with van der Waals surface area (Å²) < 4.78 is 0. The van der Waals surface area contributed by atoms with E-state index in [0.717, 1.165) is 10.5 Å². The number of hydrogen-bond donors (Lipinski definition) is 0. The van der Waals surface area contributed by atoms with Crippen molar-refractivity contribution in [2.24, 2.45) is 5.92 Å². The molecule has 0 aromatic heterocycles. The number of nitro benzene ring substituents is 1. The van der Waals surface area contributed by atoms with Crippen molar-refractivity contribution < 1.29 is 19.3 Å². The number of carbonyl (C=O) groups excluding carboxylic acids is 2. The number of anilines is 2. The highest BCUT2D eigenvalue weighted by Gasteiger charge is 2.60. The quantitative estimate of drug-likeness (QED) is 0.335. The molecule has 2 aliphatic heterocycles. The number of para-hydroxylation sites is 1. The summed E-state index contributed by atoms with van der Waals surface area (Å²) in [5.74, 6) is -1.72. The van der Waals surface area contributed by atoms with Crippen molar-refractivity contribution in [1.82, 2.24) is 0 Å². The molecule has 32 heavy (non-hydrogen) atoms. The molecule has 2 aliphatic rings. The normalized spacial score (nSPS) is 22.3. The molecule has 3 atom stereocenters. The fraction of sp³-hybridized carbons (Fsp3) is 0.130. The zero-order chi connectivity index (χ0) is 22.4. The summed E-state index contributed by atoms with van der Waals surface area (Å²) in [5.41, 5.74) is 1.63. The maximum absolute atomic E-state index is 13.5. The number of amides is 2. The number of benzene rings is 3. The first-order valence-corrected chi connectivity index (χ1v) is 10.2. The predicted molar refractivity (Wildman–Crippen MR) is 117 cm³/mol. The van der Waals surface area contributed by atoms with Crippen LogP contribution in [0.25, 0.3) is 0 Å². The fourth-order valence-corrected chi connectivity index (χ4v) is 4.32. The van der Waals surface area contributed by atoms with Gasteiger partial charge in [0.2, 0.25) is 5.91 Å². The van der Waals surface area contributed by atoms with Gasteiger partial charge in [0.1, 0.15) is 5.92 Å². The van der Waals surface area contributed by atoms with Crippen LogP contribution in [0.3, 0.4) is 0 Å². The van der Waals surface area contributed by atoms with Crippen LogP contribution in [0.2, 0.25) is 5.02 Å². The molecule has 2 saturated heterocycles. The van der Waals surface area contributed by atoms with Gasteiger partial charge in [-0.25, -0.2) is 9.96 Å². The van der Waals surface area contributed by atoms with E-state index in [-0.39, 0.29) is 11.4 Å². The minimum Gasteiger partial charge on any atom is -0.273 e. The van der Waals surface area contributed by atoms with Crippen LogP contribution in [0.4, 0.5) is 17.1 Å². The maximum Gasteiger partial charge on any atom is 0.269 e. The molecule has 0 N–H and O–H groups in total. The van der Waals surface area contributed by atoms with Gasteiger partial charge in [-0.3, -0.25) is 24.5 Å². The molecular formula is C23H16ClN3O5. The van der Waals surface area contributed by atoms with E-state index in [1.54, 1.807) is 29.3 Å². The van der Waals surface area contributed by atoms with Gasteiger partial charge in [-0.1, -0.05) is 41.9 Å². The first-order chi connectivity index (χ1) is 15.5. The van der Waals surface area contributed by atoms with Crippen LogP contribution in [-0.4, -0.2) is 22.8 Å². The van der Waals surface area contributed by atoms with E-state index in [1.165, 1.54) is 24.3 Å². The Bertz CT molecular complexity index is 1200. The van der Waals surface area contributed by atoms with Gasteiger partial charge >= 0.3 is 0 Å². The maximum atomic E-state index is 13.5. The molecule has 2 heterocycles. The molecule has 2 fully saturated rings. The number of nitrogens with zero attached hydrogens (tertiary/aromatic N) is 3. The van der Waals surface area contributed by atoms with Crippen molar-refractivity contribution in [2.45, 2.75) is 12.1 Å². The number of imide groups is 1. The number of non-ortho nitro benzene ring substituents is 1. The first kappa shape index (κ1) is 20.2. The molecule has 3 aromatic rings. The molecule has 8 nitrogen and oxygen atoms in total. The lowest BCUT2D eigenvalue weighted by Gasteiger charge is -2.28. The molecule has 0 spiro atoms. The van der Waals surface area contributed by atoms with E-state index in [2.05, 4.69) is 0 Å². The van der Waals surface area contributed by atoms with Crippen LogP contribution in [-0.2, 0) is 14.4 Å². The smallest absolute Gasteiger partial charge is 0.269 e. The van der Waals surface area contributed by atoms with Crippen molar-refractivity contribution in [1.29, 1.82) is 0 Å². The number of hydroxylamine groups is 1. The van der Waals surface area contributed by atoms with E-state index in [0.29, 0.717) is 10.7 Å². The van der Waals surface area contributed by atoms with Gasteiger partial charge in [-0.2, -0.15) is 0 Å². The Morgan fingerprint density at radius 1 is 0.844 bits per heavy atom. The van der Waals surface area contributed by atoms with Crippen LogP contribution in [0.5, 0.6) is 0 Å². The molecular weight excluding hydrogens is 434 g/mol. The highest BCUT2D eigenvalue weighted by atomic mass is 35.5. The van der Waals surface area contributed by atoms with Crippen LogP contribution < -0.4 is 9.96 Å². The van der Waals surface area contributed by atoms with Gasteiger partial charge in [0.15, 0.2) is 6.10 Å². The topological polar surface area (TPSA) is 93.0 Å². The molecule has 160 valence electrons. The van der Waals surface area contributed by atoms with E-state index in [9.17, 15) is 19.7 Å². The predicted octanol–water partition coefficient (Wildman–Crippen LogP) is 4.30. The van der Waals surface area contributed by atoms with E-state index in [1.807, 2.05) is 30.3 Å². The Morgan fingerprint density at radius 3 is 2.12 bits per heavy atom. The van der Waals surface area contributed by atoms with E-state index in [4.69, 9.17) is 16.4 Å². The Morgan fingerprint density at radius 2 is 1.50 bits per heavy atom. The molecule has 0 radical (unpaired) electrons. The highest BCUT2D eigenvalue weighted by molar-refractivity contribution is 6.30. The average molecular weight is 450 g/mol. The molecule has 2 amide bonds. The van der Waals surface area contributed by atoms with Gasteiger partial charge in [0.05, 0.1) is 22.3 Å². The third kappa shape index (κ3) is 3.21. The number of hydrogen-bond acceptors (Lipinski definition) is 6. The summed E-state index contributed by atoms with van der Waals surface area (Å²) in [6.45, 7) is 0. The Kier molecular flexibility index (Phi) is 4.88. The zero-order valence-corrected chi connectivity index (χ0v) is 17.3. The van der Waals surface area contributed by atoms with Crippen molar-refractivity contribution in [3.63, 3.8) is 0 Å². The van der Waals surface area contributed by atoms with Gasteiger partial charge in [-0.05, 0) is 42.0 Å². The van der Waals surface area contributed by atoms with Gasteiger partial charge < -0.3 is 0 Å². The summed E-state index contributed by atoms with van der Waals surface area (Å²) in [6, 6.07) is 21.0. The largest absolute Gasteiger partial charge is 0.273 e. The Labute approximate surface area is 187 Å². The van der Waals surface area contributed by atoms with Crippen molar-refractivity contribution in [3.05, 3.63) is 99.6 Å². The Balaban J connectivity index is 1.55. The number of fused-ring (bicyclic) bond motifs is 1. The SMILES string of the molecule is O=C1[C@H]2[C@@H](c3ccc(Cl)cc3)N(c3ccccc3)O[C@H]2C(=O)N1c1ccc([N+](=O)[O-])cc1. The van der Waals surface area contributed by atoms with Gasteiger partial charge in [0.25, 0.3) is 11.6 Å². The van der Waals surface area contributed by atoms with E-state index < -0.39 is 34.8 Å². The minimum atomic E-state index is -1.02. The van der Waals surface area contributed by atoms with E-state index >= 15 is 0 Å². The Hall–Kier alpha value is -3.75. The van der Waals surface area contributed by atoms with Crippen molar-refractivity contribution in [2.75, 3.05) is 9.96 Å². The molecule has 9 heteroatoms. The summed E-state index contributed by atoms with van der Waals surface area (Å²) in [6.07, 6.45) is -1.02. The lowest BCUT2D eigenvalue weighted by Crippen LogP contribution is -2.37. The second-order valence-corrected chi connectivity index (χ2v) is 7.93. The number of nitro groups is 1. The van der Waals surface area contributed by atoms with Crippen LogP contribution in [0, 0.1) is 16.0 Å². The van der Waals surface area contributed by atoms with Crippen molar-refractivity contribution in [3.8, 4) is 0 Å². The van der Waals surface area contributed by atoms with Gasteiger partial charge in [0, 0.05) is 17.2 Å². The third-order valence-electron chi connectivity index (χ3n) is 5.66. The van der Waals surface area contributed by atoms with Gasteiger partial charge in [-0.15, -0.1) is 0 Å². The summed E-state index contributed by atoms with van der Waals surface area (Å²) in [4.78, 5) is 44.2. The second-order valence-electron chi connectivity index (χ2n) is 7.49. The summed E-state index contributed by atoms with van der Waals surface area (Å²) in [5, 5.41) is 13.1. The summed E-state index contributed by atoms with van der Waals surface area (Å²) >= 11 is 6.05. The molecule has 0 bridgehead atoms. The number of carbonyl (C=O) groups is 2. The minimum absolute atomic E-state index is 0.126. The first-order valence-electron chi connectivity index (χ1n) is 9.84. The van der Waals surface area contributed by atoms with Crippen LogP contribution in [0.1, 0.15) is 11.6 Å². The zero-order valence-electron chi connectivity index (χ0n) is 16.5. The third-order valence-corrected chi connectivity index (χ3v) is 5.91. The van der Waals surface area contributed by atoms with Crippen LogP contribution in [0.15, 0.2) is 78.9 Å². The molecule has 5 rings (SSSR count). The molecule has 0 aliphatic carbocycles. The van der Waals surface area contributed by atoms with Crippen molar-refractivity contribution >= 4 is 40.5 Å². The number of halogens is 1. The lowest BCUT2D eigenvalue weighted by atomic mass is 9.90.